The van der Waals surface area contributed by atoms with Gasteiger partial charge in [-0.05, 0) is 25.5 Å². The van der Waals surface area contributed by atoms with Crippen LogP contribution >= 0.6 is 0 Å². The van der Waals surface area contributed by atoms with Gasteiger partial charge in [0.2, 0.25) is 0 Å². The summed E-state index contributed by atoms with van der Waals surface area (Å²) in [5.74, 6) is 0.451. The summed E-state index contributed by atoms with van der Waals surface area (Å²) in [5, 5.41) is 0. The highest BCUT2D eigenvalue weighted by molar-refractivity contribution is 5.38. The van der Waals surface area contributed by atoms with Crippen molar-refractivity contribution in [3.8, 4) is 5.75 Å². The number of ether oxygens (including phenoxy) is 2. The van der Waals surface area contributed by atoms with E-state index in [1.54, 1.807) is 19.1 Å². The predicted molar refractivity (Wildman–Crippen MR) is 61.3 cm³/mol. The molecule has 2 N–H and O–H groups in total. The molecule has 0 spiro atoms. The quantitative estimate of drug-likeness (QED) is 0.656. The van der Waals surface area contributed by atoms with E-state index in [1.807, 2.05) is 13.0 Å². The molecule has 102 valence electrons. The molecular weight excluding hydrogens is 247 g/mol. The van der Waals surface area contributed by atoms with E-state index in [0.717, 1.165) is 11.1 Å². The number of nitrogens with two attached hydrogens (primary N) is 1. The monoisotopic (exact) mass is 263 g/mol. The predicted octanol–water partition coefficient (Wildman–Crippen LogP) is 2.93. The third kappa shape index (κ3) is 4.93. The minimum atomic E-state index is -4.35. The van der Waals surface area contributed by atoms with Gasteiger partial charge in [0.05, 0.1) is 0 Å². The molecule has 0 fully saturated rings. The average Bonchev–Trinajstić information content (AvgIpc) is 2.22. The Morgan fingerprint density at radius 3 is 2.56 bits per heavy atom. The minimum Gasteiger partial charge on any atom is -0.467 e. The summed E-state index contributed by atoms with van der Waals surface area (Å²) in [6.07, 6.45) is -4.35. The second-order valence-electron chi connectivity index (χ2n) is 4.06. The van der Waals surface area contributed by atoms with Gasteiger partial charge in [0.25, 0.3) is 0 Å². The lowest BCUT2D eigenvalue weighted by Crippen LogP contribution is -2.19. The molecule has 0 bridgehead atoms. The number of hydrogen-bond donors (Lipinski definition) is 1. The average molecular weight is 263 g/mol. The lowest BCUT2D eigenvalue weighted by atomic mass is 10.1. The first-order chi connectivity index (χ1) is 8.29. The molecule has 0 unspecified atom stereocenters. The van der Waals surface area contributed by atoms with Crippen LogP contribution < -0.4 is 10.5 Å². The maximum atomic E-state index is 11.9. The molecular formula is C12H16F3NO2. The Balaban J connectivity index is 2.58. The van der Waals surface area contributed by atoms with E-state index >= 15 is 0 Å². The smallest absolute Gasteiger partial charge is 0.411 e. The highest BCUT2D eigenvalue weighted by Crippen LogP contribution is 2.25. The summed E-state index contributed by atoms with van der Waals surface area (Å²) in [6, 6.07) is 5.11. The van der Waals surface area contributed by atoms with E-state index in [1.165, 1.54) is 0 Å². The van der Waals surface area contributed by atoms with Crippen molar-refractivity contribution in [3.63, 3.8) is 0 Å². The number of hydrogen-bond acceptors (Lipinski definition) is 3. The fraction of sp³-hybridized carbons (Fsp3) is 0.500. The van der Waals surface area contributed by atoms with Crippen LogP contribution in [0.3, 0.4) is 0 Å². The number of alkyl halides is 3. The zero-order chi connectivity index (χ0) is 13.8. The van der Waals surface area contributed by atoms with Gasteiger partial charge in [-0.2, -0.15) is 13.2 Å². The van der Waals surface area contributed by atoms with Crippen LogP contribution in [0.1, 0.15) is 24.1 Å². The molecule has 0 aliphatic carbocycles. The SMILES string of the molecule is Cc1ccc([C@@H](C)N)c(OCOCC(F)(F)F)c1. The van der Waals surface area contributed by atoms with Crippen molar-refractivity contribution in [2.24, 2.45) is 5.73 Å². The first-order valence-corrected chi connectivity index (χ1v) is 5.43. The second kappa shape index (κ2) is 6.06. The van der Waals surface area contributed by atoms with Crippen molar-refractivity contribution >= 4 is 0 Å². The van der Waals surface area contributed by atoms with E-state index < -0.39 is 19.6 Å². The van der Waals surface area contributed by atoms with Crippen molar-refractivity contribution in [2.75, 3.05) is 13.4 Å². The van der Waals surface area contributed by atoms with Gasteiger partial charge in [0.15, 0.2) is 6.79 Å². The van der Waals surface area contributed by atoms with E-state index in [0.29, 0.717) is 5.75 Å². The first-order valence-electron chi connectivity index (χ1n) is 5.43. The summed E-state index contributed by atoms with van der Waals surface area (Å²) in [6.45, 7) is 1.84. The molecule has 0 heterocycles. The fourth-order valence-electron chi connectivity index (χ4n) is 1.41. The van der Waals surface area contributed by atoms with Crippen LogP contribution in [-0.4, -0.2) is 19.6 Å². The second-order valence-corrected chi connectivity index (χ2v) is 4.06. The topological polar surface area (TPSA) is 44.5 Å². The van der Waals surface area contributed by atoms with Gasteiger partial charge in [0.1, 0.15) is 12.4 Å². The van der Waals surface area contributed by atoms with Crippen molar-refractivity contribution in [1.29, 1.82) is 0 Å². The Morgan fingerprint density at radius 2 is 2.00 bits per heavy atom. The molecule has 0 aliphatic rings. The highest BCUT2D eigenvalue weighted by Gasteiger charge is 2.27. The van der Waals surface area contributed by atoms with Crippen LogP contribution in [-0.2, 0) is 4.74 Å². The Morgan fingerprint density at radius 1 is 1.33 bits per heavy atom. The molecule has 6 heteroatoms. The molecule has 0 saturated carbocycles. The number of rotatable bonds is 5. The third-order valence-corrected chi connectivity index (χ3v) is 2.22. The van der Waals surface area contributed by atoms with Crippen LogP contribution in [0.5, 0.6) is 5.75 Å². The molecule has 3 nitrogen and oxygen atoms in total. The number of aryl methyl sites for hydroxylation is 1. The van der Waals surface area contributed by atoms with Crippen LogP contribution in [0.15, 0.2) is 18.2 Å². The van der Waals surface area contributed by atoms with E-state index in [2.05, 4.69) is 4.74 Å². The zero-order valence-corrected chi connectivity index (χ0v) is 10.3. The Labute approximate surface area is 104 Å². The normalized spacial score (nSPS) is 13.4. The van der Waals surface area contributed by atoms with E-state index in [9.17, 15) is 13.2 Å². The molecule has 18 heavy (non-hydrogen) atoms. The van der Waals surface area contributed by atoms with Crippen molar-refractivity contribution in [3.05, 3.63) is 29.3 Å². The Hall–Kier alpha value is -1.27. The highest BCUT2D eigenvalue weighted by atomic mass is 19.4. The van der Waals surface area contributed by atoms with Crippen molar-refractivity contribution < 1.29 is 22.6 Å². The van der Waals surface area contributed by atoms with Crippen LogP contribution in [0, 0.1) is 6.92 Å². The van der Waals surface area contributed by atoms with Crippen LogP contribution in [0.25, 0.3) is 0 Å². The molecule has 0 amide bonds. The number of benzene rings is 1. The summed E-state index contributed by atoms with van der Waals surface area (Å²) in [5.41, 5.74) is 7.41. The summed E-state index contributed by atoms with van der Waals surface area (Å²) < 4.78 is 45.1. The minimum absolute atomic E-state index is 0.261. The van der Waals surface area contributed by atoms with Crippen molar-refractivity contribution in [1.82, 2.24) is 0 Å². The molecule has 1 aromatic rings. The van der Waals surface area contributed by atoms with Crippen molar-refractivity contribution in [2.45, 2.75) is 26.1 Å². The molecule has 0 radical (unpaired) electrons. The lowest BCUT2D eigenvalue weighted by molar-refractivity contribution is -0.186. The number of halogens is 3. The van der Waals surface area contributed by atoms with E-state index in [-0.39, 0.29) is 6.04 Å². The molecule has 0 aromatic heterocycles. The van der Waals surface area contributed by atoms with Gasteiger partial charge in [-0.25, -0.2) is 0 Å². The third-order valence-electron chi connectivity index (χ3n) is 2.22. The van der Waals surface area contributed by atoms with E-state index in [4.69, 9.17) is 10.5 Å². The van der Waals surface area contributed by atoms with Gasteiger partial charge in [-0.1, -0.05) is 12.1 Å². The largest absolute Gasteiger partial charge is 0.467 e. The molecule has 1 aromatic carbocycles. The Kier molecular flexibility index (Phi) is 4.98. The van der Waals surface area contributed by atoms with Gasteiger partial charge in [-0.15, -0.1) is 0 Å². The standard InChI is InChI=1S/C12H16F3NO2/c1-8-3-4-10(9(2)16)11(5-8)18-7-17-6-12(13,14)15/h3-5,9H,6-7,16H2,1-2H3/t9-/m1/s1. The molecule has 0 aliphatic heterocycles. The summed E-state index contributed by atoms with van der Waals surface area (Å²) in [4.78, 5) is 0. The van der Waals surface area contributed by atoms with Crippen LogP contribution in [0.4, 0.5) is 13.2 Å². The maximum Gasteiger partial charge on any atom is 0.411 e. The first kappa shape index (κ1) is 14.8. The van der Waals surface area contributed by atoms with Gasteiger partial charge in [0, 0.05) is 11.6 Å². The zero-order valence-electron chi connectivity index (χ0n) is 10.3. The van der Waals surface area contributed by atoms with Crippen LogP contribution in [0.2, 0.25) is 0 Å². The lowest BCUT2D eigenvalue weighted by Gasteiger charge is -2.15. The summed E-state index contributed by atoms with van der Waals surface area (Å²) in [7, 11) is 0. The fourth-order valence-corrected chi connectivity index (χ4v) is 1.41. The molecule has 1 atom stereocenters. The Bertz CT molecular complexity index is 391. The molecule has 0 saturated heterocycles. The van der Waals surface area contributed by atoms with Gasteiger partial charge >= 0.3 is 6.18 Å². The van der Waals surface area contributed by atoms with Gasteiger partial charge in [-0.3, -0.25) is 0 Å². The molecule has 1 rings (SSSR count). The van der Waals surface area contributed by atoms with Gasteiger partial charge < -0.3 is 15.2 Å². The summed E-state index contributed by atoms with van der Waals surface area (Å²) >= 11 is 0. The maximum absolute atomic E-state index is 11.9.